The number of carboxylic acids is 1. The summed E-state index contributed by atoms with van der Waals surface area (Å²) in [5.41, 5.74) is -0.216. The summed E-state index contributed by atoms with van der Waals surface area (Å²) in [5, 5.41) is 19.1. The van der Waals surface area contributed by atoms with Crippen molar-refractivity contribution in [2.75, 3.05) is 18.0 Å². The molecule has 7 nitrogen and oxygen atoms in total. The Morgan fingerprint density at radius 3 is 2.54 bits per heavy atom. The van der Waals surface area contributed by atoms with Crippen LogP contribution in [0.2, 0.25) is 10.0 Å². The van der Waals surface area contributed by atoms with Gasteiger partial charge in [-0.05, 0) is 24.3 Å². The Kier molecular flexibility index (Phi) is 6.22. The number of aromatic hydroxyl groups is 1. The van der Waals surface area contributed by atoms with E-state index in [1.165, 1.54) is 37.4 Å². The predicted molar refractivity (Wildman–Crippen MR) is 97.9 cm³/mol. The van der Waals surface area contributed by atoms with Crippen LogP contribution in [-0.4, -0.2) is 38.3 Å². The first-order valence-corrected chi connectivity index (χ1v) is 9.43. The molecule has 0 heterocycles. The van der Waals surface area contributed by atoms with Gasteiger partial charge in [0.05, 0.1) is 29.1 Å². The monoisotopic (exact) mass is 419 g/mol. The minimum atomic E-state index is -4.23. The Morgan fingerprint density at radius 2 is 1.92 bits per heavy atom. The van der Waals surface area contributed by atoms with Gasteiger partial charge in [0.2, 0.25) is 0 Å². The van der Waals surface area contributed by atoms with E-state index in [9.17, 15) is 18.3 Å². The predicted octanol–water partition coefficient (Wildman–Crippen LogP) is 3.38. The van der Waals surface area contributed by atoms with E-state index in [1.54, 1.807) is 6.07 Å². The maximum atomic E-state index is 13.1. The Morgan fingerprint density at radius 1 is 1.23 bits per heavy atom. The van der Waals surface area contributed by atoms with Crippen molar-refractivity contribution in [2.24, 2.45) is 0 Å². The van der Waals surface area contributed by atoms with E-state index in [4.69, 9.17) is 33.0 Å². The number of rotatable bonds is 7. The zero-order valence-corrected chi connectivity index (χ0v) is 15.8. The second-order valence-electron chi connectivity index (χ2n) is 5.16. The lowest BCUT2D eigenvalue weighted by molar-refractivity contribution is -0.136. The molecule has 0 aliphatic heterocycles. The molecule has 0 spiro atoms. The van der Waals surface area contributed by atoms with Crippen LogP contribution < -0.4 is 9.04 Å². The van der Waals surface area contributed by atoms with Crippen molar-refractivity contribution in [2.45, 2.75) is 11.3 Å². The van der Waals surface area contributed by atoms with Crippen LogP contribution in [-0.2, 0) is 14.8 Å². The van der Waals surface area contributed by atoms with Crippen LogP contribution in [0.15, 0.2) is 41.3 Å². The Hall–Kier alpha value is -2.16. The van der Waals surface area contributed by atoms with Crippen molar-refractivity contribution in [3.63, 3.8) is 0 Å². The van der Waals surface area contributed by atoms with E-state index in [2.05, 4.69) is 0 Å². The average molecular weight is 420 g/mol. The molecule has 0 unspecified atom stereocenters. The maximum Gasteiger partial charge on any atom is 0.305 e. The van der Waals surface area contributed by atoms with Crippen molar-refractivity contribution in [3.05, 3.63) is 46.4 Å². The lowest BCUT2D eigenvalue weighted by Crippen LogP contribution is -2.33. The molecule has 0 saturated heterocycles. The van der Waals surface area contributed by atoms with E-state index in [0.717, 1.165) is 4.31 Å². The number of sulfonamides is 1. The molecule has 2 N–H and O–H groups in total. The van der Waals surface area contributed by atoms with E-state index < -0.39 is 34.7 Å². The number of hydrogen-bond donors (Lipinski definition) is 2. The topological polar surface area (TPSA) is 104 Å². The second-order valence-corrected chi connectivity index (χ2v) is 7.86. The van der Waals surface area contributed by atoms with Crippen LogP contribution in [0.5, 0.6) is 11.5 Å². The first-order valence-electron chi connectivity index (χ1n) is 7.23. The Bertz CT molecular complexity index is 932. The van der Waals surface area contributed by atoms with Crippen LogP contribution in [0.1, 0.15) is 6.42 Å². The molecule has 0 aromatic heterocycles. The van der Waals surface area contributed by atoms with E-state index in [-0.39, 0.29) is 20.6 Å². The SMILES string of the molecule is COc1cccc(S(=O)(=O)N(CCC(=O)O)c2cc(Cl)cc(Cl)c2O)c1. The number of carbonyl (C=O) groups is 1. The zero-order chi connectivity index (χ0) is 19.5. The number of aliphatic carboxylic acids is 1. The first-order chi connectivity index (χ1) is 12.2. The molecule has 2 rings (SSSR count). The lowest BCUT2D eigenvalue weighted by atomic mass is 10.3. The van der Waals surface area contributed by atoms with E-state index >= 15 is 0 Å². The van der Waals surface area contributed by atoms with Crippen molar-refractivity contribution >= 4 is 44.9 Å². The molecule has 0 fully saturated rings. The van der Waals surface area contributed by atoms with Crippen molar-refractivity contribution < 1.29 is 28.2 Å². The van der Waals surface area contributed by atoms with Crippen LogP contribution in [0.4, 0.5) is 5.69 Å². The summed E-state index contributed by atoms with van der Waals surface area (Å²) in [6, 6.07) is 8.10. The van der Waals surface area contributed by atoms with Gasteiger partial charge in [-0.1, -0.05) is 29.3 Å². The fourth-order valence-corrected chi connectivity index (χ4v) is 4.18. The molecule has 0 atom stereocenters. The summed E-state index contributed by atoms with van der Waals surface area (Å²) in [7, 11) is -2.84. The molecule has 2 aromatic rings. The average Bonchev–Trinajstić information content (AvgIpc) is 2.58. The largest absolute Gasteiger partial charge is 0.504 e. The third kappa shape index (κ3) is 4.32. The van der Waals surface area contributed by atoms with Gasteiger partial charge in [-0.25, -0.2) is 8.42 Å². The molecule has 140 valence electrons. The van der Waals surface area contributed by atoms with Crippen molar-refractivity contribution in [1.29, 1.82) is 0 Å². The minimum absolute atomic E-state index is 0.0870. The van der Waals surface area contributed by atoms with Crippen LogP contribution in [0.25, 0.3) is 0 Å². The summed E-state index contributed by atoms with van der Waals surface area (Å²) in [6.45, 7) is -0.431. The highest BCUT2D eigenvalue weighted by atomic mass is 35.5. The van der Waals surface area contributed by atoms with Gasteiger partial charge in [-0.15, -0.1) is 0 Å². The Labute approximate surface area is 160 Å². The molecular formula is C16H15Cl2NO6S. The smallest absolute Gasteiger partial charge is 0.305 e. The fraction of sp³-hybridized carbons (Fsp3) is 0.188. The van der Waals surface area contributed by atoms with Gasteiger partial charge in [0, 0.05) is 17.6 Å². The number of nitrogens with zero attached hydrogens (tertiary/aromatic N) is 1. The molecule has 0 bridgehead atoms. The number of anilines is 1. The van der Waals surface area contributed by atoms with Gasteiger partial charge in [-0.3, -0.25) is 9.10 Å². The lowest BCUT2D eigenvalue weighted by Gasteiger charge is -2.25. The van der Waals surface area contributed by atoms with Gasteiger partial charge < -0.3 is 14.9 Å². The number of hydrogen-bond acceptors (Lipinski definition) is 5. The quantitative estimate of drug-likeness (QED) is 0.712. The number of halogens is 2. The Balaban J connectivity index is 2.62. The standard InChI is InChI=1S/C16H15Cl2NO6S/c1-25-11-3-2-4-12(9-11)26(23,24)19(6-5-15(20)21)14-8-10(17)7-13(18)16(14)22/h2-4,7-9,22H,5-6H2,1H3,(H,20,21). The highest BCUT2D eigenvalue weighted by molar-refractivity contribution is 7.92. The molecule has 0 radical (unpaired) electrons. The van der Waals surface area contributed by atoms with Gasteiger partial charge >= 0.3 is 5.97 Å². The van der Waals surface area contributed by atoms with Crippen LogP contribution >= 0.6 is 23.2 Å². The van der Waals surface area contributed by atoms with Crippen molar-refractivity contribution in [1.82, 2.24) is 0 Å². The minimum Gasteiger partial charge on any atom is -0.504 e. The normalized spacial score (nSPS) is 11.2. The summed E-state index contributed by atoms with van der Waals surface area (Å²) < 4.78 is 31.9. The molecule has 10 heteroatoms. The number of phenols is 1. The molecule has 0 saturated carbocycles. The molecule has 0 aliphatic rings. The summed E-state index contributed by atoms with van der Waals surface area (Å²) >= 11 is 11.8. The van der Waals surface area contributed by atoms with Gasteiger partial charge in [0.15, 0.2) is 5.75 Å². The van der Waals surface area contributed by atoms with Crippen LogP contribution in [0, 0.1) is 0 Å². The third-order valence-electron chi connectivity index (χ3n) is 3.43. The van der Waals surface area contributed by atoms with E-state index in [0.29, 0.717) is 5.75 Å². The zero-order valence-electron chi connectivity index (χ0n) is 13.5. The summed E-state index contributed by atoms with van der Waals surface area (Å²) in [4.78, 5) is 10.8. The number of methoxy groups -OCH3 is 1. The molecule has 0 aliphatic carbocycles. The number of carboxylic acid groups (broad SMARTS) is 1. The highest BCUT2D eigenvalue weighted by Gasteiger charge is 2.29. The molecular weight excluding hydrogens is 405 g/mol. The summed E-state index contributed by atoms with van der Waals surface area (Å²) in [5.74, 6) is -1.42. The van der Waals surface area contributed by atoms with Crippen LogP contribution in [0.3, 0.4) is 0 Å². The number of ether oxygens (including phenoxy) is 1. The number of phenolic OH excluding ortho intramolecular Hbond substituents is 1. The van der Waals surface area contributed by atoms with Gasteiger partial charge in [-0.2, -0.15) is 0 Å². The molecule has 2 aromatic carbocycles. The van der Waals surface area contributed by atoms with Gasteiger partial charge in [0.25, 0.3) is 10.0 Å². The number of benzene rings is 2. The second kappa shape index (κ2) is 8.03. The highest BCUT2D eigenvalue weighted by Crippen LogP contribution is 2.40. The third-order valence-corrected chi connectivity index (χ3v) is 5.75. The first kappa shape index (κ1) is 20.2. The fourth-order valence-electron chi connectivity index (χ4n) is 2.20. The van der Waals surface area contributed by atoms with E-state index in [1.807, 2.05) is 0 Å². The van der Waals surface area contributed by atoms with Crippen molar-refractivity contribution in [3.8, 4) is 11.5 Å². The van der Waals surface area contributed by atoms with Gasteiger partial charge in [0.1, 0.15) is 5.75 Å². The molecule has 26 heavy (non-hydrogen) atoms. The maximum absolute atomic E-state index is 13.1. The molecule has 0 amide bonds. The summed E-state index contributed by atoms with van der Waals surface area (Å²) in [6.07, 6.45) is -0.493.